The fourth-order valence-corrected chi connectivity index (χ4v) is 2.49. The lowest BCUT2D eigenvalue weighted by molar-refractivity contribution is 0.283. The van der Waals surface area contributed by atoms with E-state index in [4.69, 9.17) is 10.8 Å². The molecule has 0 atom stereocenters. The Morgan fingerprint density at radius 3 is 2.61 bits per heavy atom. The maximum atomic E-state index is 11.5. The van der Waals surface area contributed by atoms with Gasteiger partial charge in [0.05, 0.1) is 16.3 Å². The third-order valence-corrected chi connectivity index (χ3v) is 3.77. The van der Waals surface area contributed by atoms with Crippen LogP contribution in [-0.4, -0.2) is 32.9 Å². The van der Waals surface area contributed by atoms with E-state index in [1.807, 2.05) is 0 Å². The Labute approximate surface area is 108 Å². The smallest absolute Gasteiger partial charge is 0.177 e. The minimum atomic E-state index is -3.29. The van der Waals surface area contributed by atoms with Gasteiger partial charge in [0.2, 0.25) is 0 Å². The summed E-state index contributed by atoms with van der Waals surface area (Å²) >= 11 is 0. The van der Waals surface area contributed by atoms with Gasteiger partial charge < -0.3 is 16.2 Å². The van der Waals surface area contributed by atoms with Crippen molar-refractivity contribution >= 4 is 21.2 Å². The van der Waals surface area contributed by atoms with Crippen LogP contribution >= 0.6 is 0 Å². The molecule has 0 amide bonds. The zero-order chi connectivity index (χ0) is 13.6. The molecule has 0 heterocycles. The first-order valence-electron chi connectivity index (χ1n) is 5.90. The van der Waals surface area contributed by atoms with Gasteiger partial charge in [0.25, 0.3) is 0 Å². The summed E-state index contributed by atoms with van der Waals surface area (Å²) in [6.07, 6.45) is 3.75. The molecule has 0 aliphatic rings. The van der Waals surface area contributed by atoms with E-state index in [9.17, 15) is 8.42 Å². The van der Waals surface area contributed by atoms with Gasteiger partial charge in [0.15, 0.2) is 9.84 Å². The topological polar surface area (TPSA) is 92.4 Å². The molecule has 6 heteroatoms. The maximum absolute atomic E-state index is 11.5. The van der Waals surface area contributed by atoms with Crippen molar-refractivity contribution in [3.8, 4) is 0 Å². The number of benzene rings is 1. The Kier molecular flexibility index (Phi) is 5.43. The molecule has 0 aromatic heterocycles. The van der Waals surface area contributed by atoms with E-state index in [1.165, 1.54) is 6.07 Å². The number of sulfone groups is 1. The molecule has 1 aromatic rings. The van der Waals surface area contributed by atoms with Crippen LogP contribution in [0.3, 0.4) is 0 Å². The number of rotatable bonds is 7. The molecule has 5 nitrogen and oxygen atoms in total. The van der Waals surface area contributed by atoms with Gasteiger partial charge in [-0.15, -0.1) is 0 Å². The van der Waals surface area contributed by atoms with E-state index in [0.717, 1.165) is 25.5 Å². The van der Waals surface area contributed by atoms with Gasteiger partial charge >= 0.3 is 0 Å². The second-order valence-corrected chi connectivity index (χ2v) is 6.18. The second kappa shape index (κ2) is 6.61. The Bertz CT molecular complexity index is 486. The minimum Gasteiger partial charge on any atom is -0.396 e. The van der Waals surface area contributed by atoms with E-state index in [1.54, 1.807) is 12.1 Å². The summed E-state index contributed by atoms with van der Waals surface area (Å²) in [5.41, 5.74) is 6.74. The summed E-state index contributed by atoms with van der Waals surface area (Å²) in [5.74, 6) is 0. The molecule has 1 rings (SSSR count). The van der Waals surface area contributed by atoms with Crippen molar-refractivity contribution < 1.29 is 13.5 Å². The van der Waals surface area contributed by atoms with E-state index in [0.29, 0.717) is 12.2 Å². The molecule has 0 fully saturated rings. The normalized spacial score (nSPS) is 11.4. The highest BCUT2D eigenvalue weighted by molar-refractivity contribution is 7.90. The molecule has 18 heavy (non-hydrogen) atoms. The van der Waals surface area contributed by atoms with Crippen LogP contribution in [-0.2, 0) is 9.84 Å². The number of aliphatic hydroxyl groups is 1. The first-order valence-corrected chi connectivity index (χ1v) is 7.79. The molecule has 0 unspecified atom stereocenters. The summed E-state index contributed by atoms with van der Waals surface area (Å²) in [5, 5.41) is 11.8. The van der Waals surface area contributed by atoms with Crippen LogP contribution in [0.2, 0.25) is 0 Å². The quantitative estimate of drug-likeness (QED) is 0.513. The largest absolute Gasteiger partial charge is 0.396 e. The third-order valence-electron chi connectivity index (χ3n) is 2.62. The van der Waals surface area contributed by atoms with Crippen molar-refractivity contribution in [1.29, 1.82) is 0 Å². The second-order valence-electron chi connectivity index (χ2n) is 4.20. The molecular weight excluding hydrogens is 252 g/mol. The molecule has 0 spiro atoms. The van der Waals surface area contributed by atoms with Gasteiger partial charge in [-0.25, -0.2) is 8.42 Å². The fraction of sp³-hybridized carbons (Fsp3) is 0.500. The lowest BCUT2D eigenvalue weighted by atomic mass is 10.2. The average Bonchev–Trinajstić information content (AvgIpc) is 2.29. The van der Waals surface area contributed by atoms with E-state index in [-0.39, 0.29) is 17.2 Å². The number of nitrogen functional groups attached to an aromatic ring is 1. The first-order chi connectivity index (χ1) is 8.46. The lowest BCUT2D eigenvalue weighted by Gasteiger charge is -2.11. The highest BCUT2D eigenvalue weighted by Crippen LogP contribution is 2.26. The van der Waals surface area contributed by atoms with E-state index in [2.05, 4.69) is 5.32 Å². The molecule has 0 aliphatic carbocycles. The number of unbranched alkanes of at least 4 members (excludes halogenated alkanes) is 2. The van der Waals surface area contributed by atoms with Crippen molar-refractivity contribution in [3.05, 3.63) is 18.2 Å². The molecule has 0 aliphatic heterocycles. The zero-order valence-corrected chi connectivity index (χ0v) is 11.3. The van der Waals surface area contributed by atoms with Crippen molar-refractivity contribution in [2.24, 2.45) is 0 Å². The van der Waals surface area contributed by atoms with Crippen LogP contribution in [0.25, 0.3) is 0 Å². The van der Waals surface area contributed by atoms with Gasteiger partial charge in [0, 0.05) is 19.4 Å². The minimum absolute atomic E-state index is 0.155. The van der Waals surface area contributed by atoms with Gasteiger partial charge in [-0.2, -0.15) is 0 Å². The lowest BCUT2D eigenvalue weighted by Crippen LogP contribution is -2.08. The van der Waals surface area contributed by atoms with Crippen LogP contribution < -0.4 is 11.1 Å². The predicted octanol–water partition coefficient (Wildman–Crippen LogP) is 1.25. The SMILES string of the molecule is CS(=O)(=O)c1cccc(NCCCCCO)c1N. The first kappa shape index (κ1) is 14.8. The van der Waals surface area contributed by atoms with Crippen molar-refractivity contribution in [1.82, 2.24) is 0 Å². The Balaban J connectivity index is 2.67. The van der Waals surface area contributed by atoms with Gasteiger partial charge in [-0.3, -0.25) is 0 Å². The number of aliphatic hydroxyl groups excluding tert-OH is 1. The Morgan fingerprint density at radius 1 is 1.28 bits per heavy atom. The monoisotopic (exact) mass is 272 g/mol. The average molecular weight is 272 g/mol. The molecular formula is C12H20N2O3S. The number of hydrogen-bond acceptors (Lipinski definition) is 5. The number of nitrogens with one attached hydrogen (secondary N) is 1. The highest BCUT2D eigenvalue weighted by atomic mass is 32.2. The molecule has 4 N–H and O–H groups in total. The van der Waals surface area contributed by atoms with Gasteiger partial charge in [-0.1, -0.05) is 6.07 Å². The molecule has 0 saturated heterocycles. The molecule has 0 bridgehead atoms. The number of hydrogen-bond donors (Lipinski definition) is 3. The molecule has 0 radical (unpaired) electrons. The van der Waals surface area contributed by atoms with Gasteiger partial charge in [0.1, 0.15) is 0 Å². The zero-order valence-electron chi connectivity index (χ0n) is 10.5. The highest BCUT2D eigenvalue weighted by Gasteiger charge is 2.13. The molecule has 0 saturated carbocycles. The summed E-state index contributed by atoms with van der Waals surface area (Å²) in [7, 11) is -3.29. The maximum Gasteiger partial charge on any atom is 0.177 e. The van der Waals surface area contributed by atoms with E-state index >= 15 is 0 Å². The Hall–Kier alpha value is -1.27. The summed E-state index contributed by atoms with van der Waals surface area (Å²) in [6, 6.07) is 4.93. The Morgan fingerprint density at radius 2 is 2.00 bits per heavy atom. The van der Waals surface area contributed by atoms with Crippen molar-refractivity contribution in [3.63, 3.8) is 0 Å². The van der Waals surface area contributed by atoms with E-state index < -0.39 is 9.84 Å². The summed E-state index contributed by atoms with van der Waals surface area (Å²) < 4.78 is 23.0. The molecule has 102 valence electrons. The molecule has 1 aromatic carbocycles. The third kappa shape index (κ3) is 4.19. The van der Waals surface area contributed by atoms with Crippen molar-refractivity contribution in [2.75, 3.05) is 30.5 Å². The van der Waals surface area contributed by atoms with Crippen LogP contribution in [0.4, 0.5) is 11.4 Å². The fourth-order valence-electron chi connectivity index (χ4n) is 1.66. The number of para-hydroxylation sites is 1. The summed E-state index contributed by atoms with van der Waals surface area (Å²) in [4.78, 5) is 0.155. The predicted molar refractivity (Wildman–Crippen MR) is 73.4 cm³/mol. The number of nitrogens with two attached hydrogens (primary N) is 1. The van der Waals surface area contributed by atoms with Crippen molar-refractivity contribution in [2.45, 2.75) is 24.2 Å². The standard InChI is InChI=1S/C12H20N2O3S/c1-18(16,17)11-7-5-6-10(12(11)13)14-8-3-2-4-9-15/h5-7,14-15H,2-4,8-9,13H2,1H3. The summed E-state index contributed by atoms with van der Waals surface area (Å²) in [6.45, 7) is 0.906. The number of anilines is 2. The van der Waals surface area contributed by atoms with Crippen LogP contribution in [0.1, 0.15) is 19.3 Å². The van der Waals surface area contributed by atoms with Gasteiger partial charge in [-0.05, 0) is 31.4 Å². The van der Waals surface area contributed by atoms with Crippen LogP contribution in [0, 0.1) is 0 Å². The van der Waals surface area contributed by atoms with Crippen LogP contribution in [0.15, 0.2) is 23.1 Å². The van der Waals surface area contributed by atoms with Crippen LogP contribution in [0.5, 0.6) is 0 Å².